The highest BCUT2D eigenvalue weighted by molar-refractivity contribution is 5.82. The summed E-state index contributed by atoms with van der Waals surface area (Å²) in [5.74, 6) is 0.204. The van der Waals surface area contributed by atoms with Gasteiger partial charge >= 0.3 is 6.18 Å². The molecule has 1 atom stereocenters. The van der Waals surface area contributed by atoms with Gasteiger partial charge in [-0.1, -0.05) is 0 Å². The van der Waals surface area contributed by atoms with Crippen molar-refractivity contribution in [2.45, 2.75) is 31.2 Å². The Labute approximate surface area is 217 Å². The SMILES string of the molecule is Nc1cc(C(F)(F)F)c(-c2cc(N3CCOC(C(=O)NC4CCOCC4)C3)nc(N3CCOCC3)n2)cn1. The summed E-state index contributed by atoms with van der Waals surface area (Å²) in [6.45, 7) is 3.94. The zero-order chi connectivity index (χ0) is 26.7. The highest BCUT2D eigenvalue weighted by Crippen LogP contribution is 2.38. The number of nitrogen functional groups attached to an aromatic ring is 1. The highest BCUT2D eigenvalue weighted by Gasteiger charge is 2.36. The van der Waals surface area contributed by atoms with Crippen LogP contribution in [0.4, 0.5) is 30.8 Å². The van der Waals surface area contributed by atoms with E-state index in [9.17, 15) is 18.0 Å². The van der Waals surface area contributed by atoms with E-state index < -0.39 is 17.8 Å². The van der Waals surface area contributed by atoms with Gasteiger partial charge in [0, 0.05) is 56.7 Å². The maximum Gasteiger partial charge on any atom is 0.417 e. The van der Waals surface area contributed by atoms with Crippen molar-refractivity contribution in [2.24, 2.45) is 0 Å². The van der Waals surface area contributed by atoms with Crippen LogP contribution in [0.3, 0.4) is 0 Å². The second-order valence-electron chi connectivity index (χ2n) is 9.36. The number of aromatic nitrogens is 3. The predicted octanol–water partition coefficient (Wildman–Crippen LogP) is 1.48. The number of nitrogens with zero attached hydrogens (tertiary/aromatic N) is 5. The number of anilines is 3. The number of hydrogen-bond donors (Lipinski definition) is 2. The quantitative estimate of drug-likeness (QED) is 0.579. The van der Waals surface area contributed by atoms with E-state index in [2.05, 4.69) is 20.3 Å². The molecule has 0 bridgehead atoms. The van der Waals surface area contributed by atoms with Crippen LogP contribution < -0.4 is 20.9 Å². The average molecular weight is 538 g/mol. The number of hydrogen-bond acceptors (Lipinski definition) is 10. The van der Waals surface area contributed by atoms with E-state index in [1.54, 1.807) is 0 Å². The van der Waals surface area contributed by atoms with Gasteiger partial charge in [-0.3, -0.25) is 4.79 Å². The van der Waals surface area contributed by atoms with E-state index in [4.69, 9.17) is 19.9 Å². The van der Waals surface area contributed by atoms with Gasteiger partial charge in [-0.05, 0) is 18.9 Å². The van der Waals surface area contributed by atoms with Crippen LogP contribution in [0.25, 0.3) is 11.3 Å². The van der Waals surface area contributed by atoms with Gasteiger partial charge in [0.25, 0.3) is 5.91 Å². The number of pyridine rings is 1. The van der Waals surface area contributed by atoms with Crippen molar-refractivity contribution < 1.29 is 32.2 Å². The fraction of sp³-hybridized carbons (Fsp3) is 0.583. The molecule has 5 rings (SSSR count). The van der Waals surface area contributed by atoms with Crippen molar-refractivity contribution in [1.29, 1.82) is 0 Å². The van der Waals surface area contributed by atoms with Crippen molar-refractivity contribution in [3.8, 4) is 11.3 Å². The first kappa shape index (κ1) is 26.4. The van der Waals surface area contributed by atoms with Crippen LogP contribution in [0.5, 0.6) is 0 Å². The molecule has 0 radical (unpaired) electrons. The van der Waals surface area contributed by atoms with Crippen LogP contribution in [-0.4, -0.2) is 92.2 Å². The molecule has 2 aromatic heterocycles. The first-order valence-corrected chi connectivity index (χ1v) is 12.6. The molecule has 3 N–H and O–H groups in total. The maximum absolute atomic E-state index is 13.9. The number of morpholine rings is 2. The molecule has 0 aliphatic carbocycles. The van der Waals surface area contributed by atoms with Crippen molar-refractivity contribution >= 4 is 23.5 Å². The molecule has 3 fully saturated rings. The lowest BCUT2D eigenvalue weighted by Gasteiger charge is -2.35. The van der Waals surface area contributed by atoms with Crippen LogP contribution in [0, 0.1) is 0 Å². The third-order valence-corrected chi connectivity index (χ3v) is 6.75. The van der Waals surface area contributed by atoms with Crippen molar-refractivity contribution in [3.63, 3.8) is 0 Å². The van der Waals surface area contributed by atoms with Gasteiger partial charge < -0.3 is 35.1 Å². The van der Waals surface area contributed by atoms with Gasteiger partial charge in [0.2, 0.25) is 5.95 Å². The summed E-state index contributed by atoms with van der Waals surface area (Å²) in [4.78, 5) is 29.7. The number of nitrogens with two attached hydrogens (primary N) is 1. The molecule has 3 aliphatic heterocycles. The Morgan fingerprint density at radius 2 is 1.71 bits per heavy atom. The van der Waals surface area contributed by atoms with Gasteiger partial charge in [-0.2, -0.15) is 18.2 Å². The lowest BCUT2D eigenvalue weighted by Crippen LogP contribution is -2.52. The van der Waals surface area contributed by atoms with E-state index >= 15 is 0 Å². The van der Waals surface area contributed by atoms with E-state index in [1.165, 1.54) is 6.07 Å². The molecule has 38 heavy (non-hydrogen) atoms. The zero-order valence-electron chi connectivity index (χ0n) is 20.7. The summed E-state index contributed by atoms with van der Waals surface area (Å²) in [6.07, 6.45) is -2.87. The predicted molar refractivity (Wildman–Crippen MR) is 132 cm³/mol. The van der Waals surface area contributed by atoms with E-state index in [-0.39, 0.29) is 48.1 Å². The molecular formula is C24H30F3N7O4. The number of ether oxygens (including phenoxy) is 3. The second kappa shape index (κ2) is 11.3. The minimum Gasteiger partial charge on any atom is -0.384 e. The fourth-order valence-corrected chi connectivity index (χ4v) is 4.69. The molecule has 0 spiro atoms. The highest BCUT2D eigenvalue weighted by atomic mass is 19.4. The molecular weight excluding hydrogens is 507 g/mol. The van der Waals surface area contributed by atoms with E-state index in [1.807, 2.05) is 9.80 Å². The van der Waals surface area contributed by atoms with Crippen LogP contribution in [0.15, 0.2) is 18.3 Å². The Morgan fingerprint density at radius 1 is 1.00 bits per heavy atom. The molecule has 1 amide bonds. The number of nitrogens with one attached hydrogen (secondary N) is 1. The largest absolute Gasteiger partial charge is 0.417 e. The summed E-state index contributed by atoms with van der Waals surface area (Å²) in [7, 11) is 0. The number of alkyl halides is 3. The Kier molecular flexibility index (Phi) is 7.81. The Morgan fingerprint density at radius 3 is 2.45 bits per heavy atom. The monoisotopic (exact) mass is 537 g/mol. The molecule has 3 saturated heterocycles. The second-order valence-corrected chi connectivity index (χ2v) is 9.36. The average Bonchev–Trinajstić information content (AvgIpc) is 2.93. The van der Waals surface area contributed by atoms with Crippen LogP contribution in [-0.2, 0) is 25.2 Å². The van der Waals surface area contributed by atoms with Crippen molar-refractivity contribution in [1.82, 2.24) is 20.3 Å². The van der Waals surface area contributed by atoms with Gasteiger partial charge in [-0.25, -0.2) is 9.97 Å². The Hall–Kier alpha value is -3.23. The molecule has 5 heterocycles. The smallest absolute Gasteiger partial charge is 0.384 e. The minimum atomic E-state index is -4.66. The molecule has 2 aromatic rings. The molecule has 1 unspecified atom stereocenters. The first-order chi connectivity index (χ1) is 18.3. The standard InChI is InChI=1S/C24H30F3N7O4/c25-24(26,27)17-11-20(28)29-13-16(17)18-12-21(32-23(31-18)33-3-8-37-9-4-33)34-5-10-38-19(14-34)22(35)30-15-1-6-36-7-2-15/h11-13,15,19H,1-10,14H2,(H2,28,29)(H,30,35). The zero-order valence-corrected chi connectivity index (χ0v) is 20.7. The summed E-state index contributed by atoms with van der Waals surface area (Å²) in [6, 6.07) is 2.31. The third-order valence-electron chi connectivity index (χ3n) is 6.75. The molecule has 14 heteroatoms. The Balaban J connectivity index is 1.46. The van der Waals surface area contributed by atoms with Gasteiger partial charge in [-0.15, -0.1) is 0 Å². The molecule has 3 aliphatic rings. The number of halogens is 3. The topological polar surface area (TPSA) is 128 Å². The number of carbonyl (C=O) groups excluding carboxylic acids is 1. The molecule has 0 aromatic carbocycles. The van der Waals surface area contributed by atoms with Gasteiger partial charge in [0.1, 0.15) is 11.6 Å². The lowest BCUT2D eigenvalue weighted by atomic mass is 10.1. The van der Waals surface area contributed by atoms with Crippen LogP contribution in [0.2, 0.25) is 0 Å². The number of rotatable bonds is 5. The third kappa shape index (κ3) is 6.08. The van der Waals surface area contributed by atoms with Crippen LogP contribution >= 0.6 is 0 Å². The van der Waals surface area contributed by atoms with Gasteiger partial charge in [0.15, 0.2) is 6.10 Å². The summed E-state index contributed by atoms with van der Waals surface area (Å²) in [5.41, 5.74) is 4.50. The normalized spacial score (nSPS) is 21.4. The summed E-state index contributed by atoms with van der Waals surface area (Å²) < 4.78 is 58.3. The van der Waals surface area contributed by atoms with E-state index in [0.29, 0.717) is 51.9 Å². The summed E-state index contributed by atoms with van der Waals surface area (Å²) >= 11 is 0. The van der Waals surface area contributed by atoms with E-state index in [0.717, 1.165) is 25.1 Å². The molecule has 0 saturated carbocycles. The van der Waals surface area contributed by atoms with Crippen LogP contribution in [0.1, 0.15) is 18.4 Å². The molecule has 206 valence electrons. The Bertz CT molecular complexity index is 1140. The fourth-order valence-electron chi connectivity index (χ4n) is 4.69. The minimum absolute atomic E-state index is 0.0209. The summed E-state index contributed by atoms with van der Waals surface area (Å²) in [5, 5.41) is 3.02. The lowest BCUT2D eigenvalue weighted by molar-refractivity contribution is -0.137. The first-order valence-electron chi connectivity index (χ1n) is 12.6. The van der Waals surface area contributed by atoms with Crippen molar-refractivity contribution in [2.75, 3.05) is 74.7 Å². The maximum atomic E-state index is 13.9. The molecule has 11 nitrogen and oxygen atoms in total. The number of amides is 1. The van der Waals surface area contributed by atoms with Gasteiger partial charge in [0.05, 0.1) is 37.6 Å². The van der Waals surface area contributed by atoms with Crippen molar-refractivity contribution in [3.05, 3.63) is 23.9 Å². The number of carbonyl (C=O) groups is 1.